The van der Waals surface area contributed by atoms with Crippen molar-refractivity contribution in [2.45, 2.75) is 13.5 Å². The molecule has 0 N–H and O–H groups in total. The summed E-state index contributed by atoms with van der Waals surface area (Å²) in [4.78, 5) is 8.87. The van der Waals surface area contributed by atoms with Crippen LogP contribution in [0.25, 0.3) is 23.2 Å². The summed E-state index contributed by atoms with van der Waals surface area (Å²) in [6.07, 6.45) is 7.40. The van der Waals surface area contributed by atoms with Crippen LogP contribution >= 0.6 is 11.6 Å². The zero-order valence-corrected chi connectivity index (χ0v) is 12.1. The van der Waals surface area contributed by atoms with Crippen molar-refractivity contribution in [1.82, 2.24) is 24.3 Å². The van der Waals surface area contributed by atoms with Crippen LogP contribution in [-0.2, 0) is 6.54 Å². The summed E-state index contributed by atoms with van der Waals surface area (Å²) >= 11 is 6.15. The van der Waals surface area contributed by atoms with Gasteiger partial charge in [-0.25, -0.2) is 14.6 Å². The lowest BCUT2D eigenvalue weighted by Crippen LogP contribution is -2.05. The number of aromatic nitrogens is 5. The quantitative estimate of drug-likeness (QED) is 0.542. The minimum Gasteiger partial charge on any atom is -0.300 e. The van der Waals surface area contributed by atoms with Crippen molar-refractivity contribution in [3.63, 3.8) is 0 Å². The highest BCUT2D eigenvalue weighted by atomic mass is 35.5. The van der Waals surface area contributed by atoms with E-state index in [4.69, 9.17) is 11.6 Å². The Kier molecular flexibility index (Phi) is 2.68. The first kappa shape index (κ1) is 12.3. The highest BCUT2D eigenvalue weighted by Crippen LogP contribution is 2.33. The van der Waals surface area contributed by atoms with E-state index in [1.807, 2.05) is 48.3 Å². The summed E-state index contributed by atoms with van der Waals surface area (Å²) < 4.78 is 3.96. The SMILES string of the molecule is C/C=C\c1ncn2c1Cn1ncnc1-c1cc(Cl)ccc1-2. The van der Waals surface area contributed by atoms with Crippen LogP contribution in [0.3, 0.4) is 0 Å². The number of rotatable bonds is 1. The molecule has 6 heteroatoms. The van der Waals surface area contributed by atoms with Gasteiger partial charge < -0.3 is 0 Å². The molecule has 0 atom stereocenters. The summed E-state index contributed by atoms with van der Waals surface area (Å²) in [5, 5.41) is 5.00. The summed E-state index contributed by atoms with van der Waals surface area (Å²) in [7, 11) is 0. The van der Waals surface area contributed by atoms with E-state index in [9.17, 15) is 0 Å². The molecule has 3 aromatic rings. The first-order valence-electron chi connectivity index (χ1n) is 6.65. The molecule has 21 heavy (non-hydrogen) atoms. The molecule has 1 aromatic carbocycles. The number of benzene rings is 1. The molecule has 3 heterocycles. The lowest BCUT2D eigenvalue weighted by atomic mass is 10.1. The average molecular weight is 298 g/mol. The van der Waals surface area contributed by atoms with Gasteiger partial charge in [0.1, 0.15) is 12.7 Å². The van der Waals surface area contributed by atoms with Crippen molar-refractivity contribution in [2.24, 2.45) is 0 Å². The van der Waals surface area contributed by atoms with Crippen LogP contribution in [0, 0.1) is 0 Å². The van der Waals surface area contributed by atoms with Gasteiger partial charge in [0.15, 0.2) is 5.82 Å². The number of imidazole rings is 1. The Labute approximate surface area is 126 Å². The Morgan fingerprint density at radius 3 is 3.05 bits per heavy atom. The van der Waals surface area contributed by atoms with Crippen LogP contribution in [0.15, 0.2) is 36.9 Å². The van der Waals surface area contributed by atoms with Crippen LogP contribution < -0.4 is 0 Å². The third kappa shape index (κ3) is 1.81. The standard InChI is InChI=1S/C15H12ClN5/c1-2-3-12-14-7-21-15(17-8-19-21)11-6-10(16)4-5-13(11)20(14)9-18-12/h2-6,8-9H,7H2,1H3/b3-2-. The molecule has 104 valence electrons. The third-order valence-electron chi connectivity index (χ3n) is 3.60. The van der Waals surface area contributed by atoms with E-state index in [0.717, 1.165) is 28.5 Å². The predicted molar refractivity (Wildman–Crippen MR) is 81.4 cm³/mol. The number of fused-ring (bicyclic) bond motifs is 5. The topological polar surface area (TPSA) is 48.5 Å². The molecule has 4 rings (SSSR count). The van der Waals surface area contributed by atoms with E-state index in [1.54, 1.807) is 6.33 Å². The fourth-order valence-electron chi connectivity index (χ4n) is 2.68. The maximum Gasteiger partial charge on any atom is 0.160 e. The average Bonchev–Trinajstić information content (AvgIpc) is 3.06. The smallest absolute Gasteiger partial charge is 0.160 e. The number of hydrogen-bond acceptors (Lipinski definition) is 3. The normalized spacial score (nSPS) is 12.9. The Morgan fingerprint density at radius 1 is 1.29 bits per heavy atom. The number of hydrogen-bond donors (Lipinski definition) is 0. The summed E-state index contributed by atoms with van der Waals surface area (Å²) in [6.45, 7) is 2.61. The zero-order chi connectivity index (χ0) is 14.4. The largest absolute Gasteiger partial charge is 0.300 e. The van der Waals surface area contributed by atoms with E-state index in [0.29, 0.717) is 11.6 Å². The molecule has 0 amide bonds. The Balaban J connectivity index is 2.07. The van der Waals surface area contributed by atoms with Gasteiger partial charge in [0, 0.05) is 10.6 Å². The van der Waals surface area contributed by atoms with Crippen molar-refractivity contribution >= 4 is 17.7 Å². The molecule has 0 bridgehead atoms. The van der Waals surface area contributed by atoms with Crippen LogP contribution in [0.5, 0.6) is 0 Å². The number of allylic oxidation sites excluding steroid dienone is 1. The molecule has 5 nitrogen and oxygen atoms in total. The predicted octanol–water partition coefficient (Wildman–Crippen LogP) is 3.18. The molecule has 0 saturated heterocycles. The second-order valence-corrected chi connectivity index (χ2v) is 5.29. The van der Waals surface area contributed by atoms with Crippen LogP contribution in [0.1, 0.15) is 18.3 Å². The van der Waals surface area contributed by atoms with E-state index in [2.05, 4.69) is 19.6 Å². The highest BCUT2D eigenvalue weighted by molar-refractivity contribution is 6.31. The van der Waals surface area contributed by atoms with E-state index < -0.39 is 0 Å². The van der Waals surface area contributed by atoms with Gasteiger partial charge in [-0.1, -0.05) is 17.7 Å². The molecule has 1 aliphatic heterocycles. The number of halogens is 1. The molecule has 2 aromatic heterocycles. The van der Waals surface area contributed by atoms with Gasteiger partial charge in [0.2, 0.25) is 0 Å². The summed E-state index contributed by atoms with van der Waals surface area (Å²) in [6, 6.07) is 5.79. The van der Waals surface area contributed by atoms with Crippen molar-refractivity contribution < 1.29 is 0 Å². The maximum atomic E-state index is 6.15. The fourth-order valence-corrected chi connectivity index (χ4v) is 2.85. The fraction of sp³-hybridized carbons (Fsp3) is 0.133. The molecule has 0 fully saturated rings. The van der Waals surface area contributed by atoms with Gasteiger partial charge >= 0.3 is 0 Å². The van der Waals surface area contributed by atoms with Crippen LogP contribution in [-0.4, -0.2) is 24.3 Å². The van der Waals surface area contributed by atoms with Crippen LogP contribution in [0.4, 0.5) is 0 Å². The summed E-state index contributed by atoms with van der Waals surface area (Å²) in [5.41, 5.74) is 4.01. The van der Waals surface area contributed by atoms with Crippen molar-refractivity contribution in [2.75, 3.05) is 0 Å². The first-order chi connectivity index (χ1) is 10.3. The van der Waals surface area contributed by atoms with Gasteiger partial charge in [-0.15, -0.1) is 0 Å². The van der Waals surface area contributed by atoms with Crippen molar-refractivity contribution in [3.8, 4) is 17.1 Å². The van der Waals surface area contributed by atoms with Gasteiger partial charge in [0.05, 0.1) is 23.6 Å². The molecule has 0 saturated carbocycles. The minimum absolute atomic E-state index is 0.626. The Morgan fingerprint density at radius 2 is 2.19 bits per heavy atom. The van der Waals surface area contributed by atoms with Gasteiger partial charge in [-0.2, -0.15) is 5.10 Å². The minimum atomic E-state index is 0.626. The van der Waals surface area contributed by atoms with Gasteiger partial charge in [0.25, 0.3) is 0 Å². The molecule has 0 spiro atoms. The van der Waals surface area contributed by atoms with E-state index >= 15 is 0 Å². The second kappa shape index (κ2) is 4.56. The van der Waals surface area contributed by atoms with Gasteiger partial charge in [-0.3, -0.25) is 4.57 Å². The molecule has 0 unspecified atom stereocenters. The number of nitrogens with zero attached hydrogens (tertiary/aromatic N) is 5. The first-order valence-corrected chi connectivity index (χ1v) is 7.02. The molecular weight excluding hydrogens is 286 g/mol. The van der Waals surface area contributed by atoms with E-state index in [1.165, 1.54) is 0 Å². The van der Waals surface area contributed by atoms with Crippen molar-refractivity contribution in [3.05, 3.63) is 53.3 Å². The lowest BCUT2D eigenvalue weighted by molar-refractivity contribution is 0.676. The Hall–Kier alpha value is -2.40. The van der Waals surface area contributed by atoms with Gasteiger partial charge in [-0.05, 0) is 31.2 Å². The van der Waals surface area contributed by atoms with E-state index in [-0.39, 0.29) is 0 Å². The zero-order valence-electron chi connectivity index (χ0n) is 11.4. The van der Waals surface area contributed by atoms with Crippen molar-refractivity contribution in [1.29, 1.82) is 0 Å². The molecule has 1 aliphatic rings. The third-order valence-corrected chi connectivity index (χ3v) is 3.83. The second-order valence-electron chi connectivity index (χ2n) is 4.85. The van der Waals surface area contributed by atoms with Crippen LogP contribution in [0.2, 0.25) is 5.02 Å². The molecule has 0 radical (unpaired) electrons. The lowest BCUT2D eigenvalue weighted by Gasteiger charge is -2.08. The molecule has 0 aliphatic carbocycles. The highest BCUT2D eigenvalue weighted by Gasteiger charge is 2.22. The Bertz CT molecular complexity index is 859. The monoisotopic (exact) mass is 297 g/mol. The summed E-state index contributed by atoms with van der Waals surface area (Å²) in [5.74, 6) is 0.822. The molecular formula is C15H12ClN5. The maximum absolute atomic E-state index is 6.15.